The van der Waals surface area contributed by atoms with Crippen molar-refractivity contribution < 1.29 is 0 Å². The summed E-state index contributed by atoms with van der Waals surface area (Å²) < 4.78 is 0. The molecule has 0 aliphatic rings. The molecule has 0 aliphatic heterocycles. The molecule has 1 aromatic heterocycles. The lowest BCUT2D eigenvalue weighted by atomic mass is 10.1. The third-order valence-electron chi connectivity index (χ3n) is 3.49. The van der Waals surface area contributed by atoms with Gasteiger partial charge in [0, 0.05) is 31.4 Å². The van der Waals surface area contributed by atoms with E-state index in [1.165, 1.54) is 0 Å². The van der Waals surface area contributed by atoms with Crippen LogP contribution in [0.2, 0.25) is 5.02 Å². The summed E-state index contributed by atoms with van der Waals surface area (Å²) in [6.07, 6.45) is 5.05. The summed E-state index contributed by atoms with van der Waals surface area (Å²) in [7, 11) is 2.10. The molecule has 120 valence electrons. The van der Waals surface area contributed by atoms with Crippen molar-refractivity contribution in [2.45, 2.75) is 52.2 Å². The third-order valence-corrected chi connectivity index (χ3v) is 4.48. The first kappa shape index (κ1) is 18.6. The molecule has 21 heavy (non-hydrogen) atoms. The summed E-state index contributed by atoms with van der Waals surface area (Å²) in [5.41, 5.74) is 1.17. The minimum Gasteiger partial charge on any atom is -0.357 e. The number of nitrogens with one attached hydrogen (secondary N) is 1. The predicted molar refractivity (Wildman–Crippen MR) is 96.7 cm³/mol. The topological polar surface area (TPSA) is 28.2 Å². The molecule has 1 heterocycles. The van der Waals surface area contributed by atoms with Gasteiger partial charge in [0.05, 0.1) is 5.02 Å². The lowest BCUT2D eigenvalue weighted by molar-refractivity contribution is 0.424. The van der Waals surface area contributed by atoms with Gasteiger partial charge in [-0.2, -0.15) is 11.8 Å². The highest BCUT2D eigenvalue weighted by molar-refractivity contribution is 7.98. The van der Waals surface area contributed by atoms with Crippen LogP contribution in [-0.2, 0) is 6.54 Å². The van der Waals surface area contributed by atoms with Gasteiger partial charge in [0.15, 0.2) is 0 Å². The van der Waals surface area contributed by atoms with Crippen molar-refractivity contribution in [3.05, 3.63) is 22.8 Å². The van der Waals surface area contributed by atoms with Crippen molar-refractivity contribution in [3.8, 4) is 0 Å². The van der Waals surface area contributed by atoms with E-state index in [1.54, 1.807) is 6.20 Å². The van der Waals surface area contributed by atoms with E-state index in [-0.39, 0.29) is 5.54 Å². The lowest BCUT2D eigenvalue weighted by Crippen LogP contribution is -2.35. The molecule has 0 saturated heterocycles. The van der Waals surface area contributed by atoms with Gasteiger partial charge in [-0.1, -0.05) is 11.6 Å². The molecule has 1 unspecified atom stereocenters. The number of hydrogen-bond acceptors (Lipinski definition) is 4. The zero-order valence-electron chi connectivity index (χ0n) is 14.0. The lowest BCUT2D eigenvalue weighted by Gasteiger charge is -2.27. The average molecular weight is 330 g/mol. The molecule has 0 saturated carbocycles. The maximum atomic E-state index is 6.27. The fraction of sp³-hybridized carbons (Fsp3) is 0.688. The predicted octanol–water partition coefficient (Wildman–Crippen LogP) is 4.20. The zero-order valence-corrected chi connectivity index (χ0v) is 15.6. The second-order valence-electron chi connectivity index (χ2n) is 6.48. The van der Waals surface area contributed by atoms with E-state index in [4.69, 9.17) is 11.6 Å². The highest BCUT2D eigenvalue weighted by Crippen LogP contribution is 2.22. The maximum Gasteiger partial charge on any atom is 0.128 e. The number of halogens is 1. The van der Waals surface area contributed by atoms with Crippen LogP contribution in [-0.4, -0.2) is 35.6 Å². The van der Waals surface area contributed by atoms with Gasteiger partial charge in [-0.15, -0.1) is 0 Å². The number of aromatic nitrogens is 1. The Labute approximate surface area is 138 Å². The van der Waals surface area contributed by atoms with Crippen LogP contribution < -0.4 is 10.2 Å². The van der Waals surface area contributed by atoms with E-state index in [1.807, 2.05) is 11.8 Å². The number of pyridine rings is 1. The van der Waals surface area contributed by atoms with Crippen LogP contribution in [0.5, 0.6) is 0 Å². The molecule has 1 N–H and O–H groups in total. The normalized spacial score (nSPS) is 13.3. The Balaban J connectivity index is 2.80. The van der Waals surface area contributed by atoms with E-state index < -0.39 is 0 Å². The van der Waals surface area contributed by atoms with Crippen LogP contribution >= 0.6 is 23.4 Å². The van der Waals surface area contributed by atoms with Crippen molar-refractivity contribution in [1.29, 1.82) is 0 Å². The van der Waals surface area contributed by atoms with E-state index >= 15 is 0 Å². The van der Waals surface area contributed by atoms with E-state index in [0.29, 0.717) is 6.04 Å². The highest BCUT2D eigenvalue weighted by atomic mass is 35.5. The molecule has 1 atom stereocenters. The molecule has 0 radical (unpaired) electrons. The van der Waals surface area contributed by atoms with Gasteiger partial charge in [0.25, 0.3) is 0 Å². The van der Waals surface area contributed by atoms with E-state index in [0.717, 1.165) is 35.1 Å². The van der Waals surface area contributed by atoms with Gasteiger partial charge < -0.3 is 10.2 Å². The molecule has 1 aromatic rings. The SMILES string of the molecule is CSCCC(C)N(C)c1cc(CNC(C)(C)C)c(Cl)cn1. The minimum atomic E-state index is 0.0737. The standard InChI is InChI=1S/C16H28ClN3S/c1-12(7-8-21-6)20(5)15-9-13(14(17)11-18-15)10-19-16(2,3)4/h9,11-12,19H,7-8,10H2,1-6H3. The summed E-state index contributed by atoms with van der Waals surface area (Å²) >= 11 is 8.15. The van der Waals surface area contributed by atoms with Gasteiger partial charge in [-0.3, -0.25) is 0 Å². The molecule has 0 aromatic carbocycles. The van der Waals surface area contributed by atoms with Gasteiger partial charge in [0.1, 0.15) is 5.82 Å². The number of hydrogen-bond donors (Lipinski definition) is 1. The Kier molecular flexibility index (Phi) is 7.31. The second-order valence-corrected chi connectivity index (χ2v) is 7.87. The first-order valence-electron chi connectivity index (χ1n) is 7.36. The molecule has 0 bridgehead atoms. The first-order chi connectivity index (χ1) is 9.74. The van der Waals surface area contributed by atoms with Gasteiger partial charge in [-0.25, -0.2) is 4.98 Å². The van der Waals surface area contributed by atoms with Crippen LogP contribution in [0, 0.1) is 0 Å². The molecule has 0 amide bonds. The van der Waals surface area contributed by atoms with Crippen molar-refractivity contribution in [2.24, 2.45) is 0 Å². The third kappa shape index (κ3) is 6.45. The smallest absolute Gasteiger partial charge is 0.128 e. The molecule has 3 nitrogen and oxygen atoms in total. The van der Waals surface area contributed by atoms with Crippen molar-refractivity contribution >= 4 is 29.2 Å². The van der Waals surface area contributed by atoms with Gasteiger partial charge in [0.2, 0.25) is 0 Å². The summed E-state index contributed by atoms with van der Waals surface area (Å²) in [6, 6.07) is 2.56. The second kappa shape index (κ2) is 8.25. The Morgan fingerprint density at radius 1 is 1.43 bits per heavy atom. The quantitative estimate of drug-likeness (QED) is 0.811. The van der Waals surface area contributed by atoms with Crippen LogP contribution in [0.3, 0.4) is 0 Å². The van der Waals surface area contributed by atoms with Gasteiger partial charge >= 0.3 is 0 Å². The number of nitrogens with zero attached hydrogens (tertiary/aromatic N) is 2. The number of anilines is 1. The summed E-state index contributed by atoms with van der Waals surface area (Å²) in [6.45, 7) is 9.45. The fourth-order valence-electron chi connectivity index (χ4n) is 1.86. The maximum absolute atomic E-state index is 6.27. The van der Waals surface area contributed by atoms with Crippen LogP contribution in [0.1, 0.15) is 39.7 Å². The summed E-state index contributed by atoms with van der Waals surface area (Å²) in [4.78, 5) is 6.70. The summed E-state index contributed by atoms with van der Waals surface area (Å²) in [5, 5.41) is 4.20. The Bertz CT molecular complexity index is 446. The zero-order chi connectivity index (χ0) is 16.0. The minimum absolute atomic E-state index is 0.0737. The Morgan fingerprint density at radius 3 is 2.67 bits per heavy atom. The van der Waals surface area contributed by atoms with Crippen molar-refractivity contribution in [2.75, 3.05) is 24.0 Å². The van der Waals surface area contributed by atoms with Crippen LogP contribution in [0.25, 0.3) is 0 Å². The van der Waals surface area contributed by atoms with E-state index in [9.17, 15) is 0 Å². The molecule has 1 rings (SSSR count). The molecule has 0 fully saturated rings. The van der Waals surface area contributed by atoms with Gasteiger partial charge in [-0.05, 0) is 57.8 Å². The molecular weight excluding hydrogens is 302 g/mol. The number of rotatable bonds is 7. The van der Waals surface area contributed by atoms with Crippen LogP contribution in [0.15, 0.2) is 12.3 Å². The number of thioether (sulfide) groups is 1. The fourth-order valence-corrected chi connectivity index (χ4v) is 2.61. The van der Waals surface area contributed by atoms with Crippen molar-refractivity contribution in [1.82, 2.24) is 10.3 Å². The Morgan fingerprint density at radius 2 is 2.10 bits per heavy atom. The van der Waals surface area contributed by atoms with E-state index in [2.05, 4.69) is 62.3 Å². The summed E-state index contributed by atoms with van der Waals surface area (Å²) in [5.74, 6) is 2.15. The Hall–Kier alpha value is -0.450. The average Bonchev–Trinajstić information content (AvgIpc) is 2.42. The monoisotopic (exact) mass is 329 g/mol. The molecular formula is C16H28ClN3S. The largest absolute Gasteiger partial charge is 0.357 e. The molecule has 0 spiro atoms. The highest BCUT2D eigenvalue weighted by Gasteiger charge is 2.14. The molecule has 0 aliphatic carbocycles. The first-order valence-corrected chi connectivity index (χ1v) is 9.13. The van der Waals surface area contributed by atoms with Crippen LogP contribution in [0.4, 0.5) is 5.82 Å². The molecule has 5 heteroatoms. The van der Waals surface area contributed by atoms with Crippen molar-refractivity contribution in [3.63, 3.8) is 0 Å².